The second-order valence-corrected chi connectivity index (χ2v) is 5.18. The van der Waals surface area contributed by atoms with Crippen LogP contribution < -0.4 is 0 Å². The number of aryl methyl sites for hydroxylation is 1. The first-order valence-corrected chi connectivity index (χ1v) is 6.32. The molecule has 17 heavy (non-hydrogen) atoms. The first-order chi connectivity index (χ1) is 8.06. The van der Waals surface area contributed by atoms with E-state index in [1.54, 1.807) is 10.7 Å². The smallest absolute Gasteiger partial charge is 0.192 e. The summed E-state index contributed by atoms with van der Waals surface area (Å²) in [6.45, 7) is 4.06. The third-order valence-electron chi connectivity index (χ3n) is 2.07. The fourth-order valence-corrected chi connectivity index (χ4v) is 2.23. The van der Waals surface area contributed by atoms with Gasteiger partial charge in [0.1, 0.15) is 22.3 Å². The molecule has 5 nitrogen and oxygen atoms in total. The zero-order valence-corrected chi connectivity index (χ0v) is 11.3. The molecule has 0 saturated heterocycles. The summed E-state index contributed by atoms with van der Waals surface area (Å²) in [6, 6.07) is 1.73. The number of hydrogen-bond donors (Lipinski definition) is 0. The number of hydrogen-bond acceptors (Lipinski definition) is 5. The molecule has 0 atom stereocenters. The van der Waals surface area contributed by atoms with Crippen molar-refractivity contribution in [2.75, 3.05) is 0 Å². The van der Waals surface area contributed by atoms with Crippen LogP contribution in [0, 0.1) is 0 Å². The predicted molar refractivity (Wildman–Crippen MR) is 66.3 cm³/mol. The summed E-state index contributed by atoms with van der Waals surface area (Å²) < 4.78 is 1.69. The van der Waals surface area contributed by atoms with E-state index in [1.807, 2.05) is 20.9 Å². The Morgan fingerprint density at radius 1 is 1.35 bits per heavy atom. The van der Waals surface area contributed by atoms with Gasteiger partial charge in [-0.05, 0) is 11.8 Å². The van der Waals surface area contributed by atoms with Crippen molar-refractivity contribution in [2.45, 2.75) is 29.9 Å². The Hall–Kier alpha value is -1.14. The molecule has 2 aromatic rings. The van der Waals surface area contributed by atoms with Crippen molar-refractivity contribution in [3.05, 3.63) is 23.4 Å². The highest BCUT2D eigenvalue weighted by Crippen LogP contribution is 2.26. The lowest BCUT2D eigenvalue weighted by Gasteiger charge is -2.06. The number of nitrogens with zero attached hydrogens (tertiary/aromatic N) is 5. The van der Waals surface area contributed by atoms with Gasteiger partial charge in [-0.2, -0.15) is 5.10 Å². The highest BCUT2D eigenvalue weighted by Gasteiger charge is 2.10. The molecule has 0 spiro atoms. The van der Waals surface area contributed by atoms with Crippen LogP contribution in [-0.4, -0.2) is 24.7 Å². The van der Waals surface area contributed by atoms with Crippen LogP contribution in [0.3, 0.4) is 0 Å². The molecular weight excluding hydrogens is 258 g/mol. The van der Waals surface area contributed by atoms with Gasteiger partial charge in [-0.15, -0.1) is 0 Å². The number of aromatic nitrogens is 5. The van der Waals surface area contributed by atoms with Gasteiger partial charge < -0.3 is 0 Å². The summed E-state index contributed by atoms with van der Waals surface area (Å²) in [6.07, 6.45) is 1.51. The molecule has 0 bridgehead atoms. The number of rotatable bonds is 3. The van der Waals surface area contributed by atoms with E-state index in [9.17, 15) is 0 Å². The summed E-state index contributed by atoms with van der Waals surface area (Å²) in [5, 5.41) is 6.01. The lowest BCUT2D eigenvalue weighted by atomic mass is 10.2. The van der Waals surface area contributed by atoms with E-state index in [0.717, 1.165) is 16.0 Å². The molecule has 2 heterocycles. The van der Waals surface area contributed by atoms with Crippen LogP contribution in [0.1, 0.15) is 25.6 Å². The molecule has 2 aromatic heterocycles. The summed E-state index contributed by atoms with van der Waals surface area (Å²) >= 11 is 7.39. The maximum atomic E-state index is 5.97. The van der Waals surface area contributed by atoms with E-state index in [-0.39, 0.29) is 5.92 Å². The third kappa shape index (κ3) is 2.95. The minimum absolute atomic E-state index is 0.243. The quantitative estimate of drug-likeness (QED) is 0.802. The van der Waals surface area contributed by atoms with E-state index >= 15 is 0 Å². The van der Waals surface area contributed by atoms with Gasteiger partial charge in [0.25, 0.3) is 0 Å². The highest BCUT2D eigenvalue weighted by atomic mass is 35.5. The average Bonchev–Trinajstić information content (AvgIpc) is 2.63. The molecule has 0 unspecified atom stereocenters. The average molecular weight is 270 g/mol. The Morgan fingerprint density at radius 2 is 2.12 bits per heavy atom. The molecule has 0 N–H and O–H groups in total. The van der Waals surface area contributed by atoms with Gasteiger partial charge in [0.15, 0.2) is 5.16 Å². The van der Waals surface area contributed by atoms with Gasteiger partial charge >= 0.3 is 0 Å². The Balaban J connectivity index is 2.30. The molecule has 7 heteroatoms. The van der Waals surface area contributed by atoms with Gasteiger partial charge in [-0.3, -0.25) is 0 Å². The molecule has 0 aliphatic carbocycles. The molecule has 90 valence electrons. The van der Waals surface area contributed by atoms with Gasteiger partial charge in [0, 0.05) is 19.0 Å². The van der Waals surface area contributed by atoms with E-state index < -0.39 is 0 Å². The van der Waals surface area contributed by atoms with Crippen LogP contribution in [0.5, 0.6) is 0 Å². The van der Waals surface area contributed by atoms with Crippen LogP contribution in [0.2, 0.25) is 5.15 Å². The second kappa shape index (κ2) is 5.01. The normalized spacial score (nSPS) is 11.1. The van der Waals surface area contributed by atoms with Gasteiger partial charge in [-0.25, -0.2) is 19.6 Å². The van der Waals surface area contributed by atoms with Crippen LogP contribution >= 0.6 is 23.4 Å². The highest BCUT2D eigenvalue weighted by molar-refractivity contribution is 7.99. The minimum atomic E-state index is 0.243. The minimum Gasteiger partial charge on any atom is -0.244 e. The Kier molecular flexibility index (Phi) is 3.63. The maximum Gasteiger partial charge on any atom is 0.192 e. The van der Waals surface area contributed by atoms with Crippen molar-refractivity contribution in [1.29, 1.82) is 0 Å². The van der Waals surface area contributed by atoms with Crippen LogP contribution in [0.15, 0.2) is 22.6 Å². The lowest BCUT2D eigenvalue weighted by molar-refractivity contribution is 0.683. The molecular formula is C10H12ClN5S. The van der Waals surface area contributed by atoms with Crippen LogP contribution in [-0.2, 0) is 7.05 Å². The molecule has 2 rings (SSSR count). The van der Waals surface area contributed by atoms with Crippen molar-refractivity contribution in [3.63, 3.8) is 0 Å². The lowest BCUT2D eigenvalue weighted by Crippen LogP contribution is -1.99. The predicted octanol–water partition coefficient (Wildman–Crippen LogP) is 2.53. The molecule has 0 aliphatic rings. The van der Waals surface area contributed by atoms with Crippen LogP contribution in [0.4, 0.5) is 0 Å². The van der Waals surface area contributed by atoms with E-state index in [0.29, 0.717) is 5.15 Å². The summed E-state index contributed by atoms with van der Waals surface area (Å²) in [4.78, 5) is 12.7. The molecule has 0 fully saturated rings. The Morgan fingerprint density at radius 3 is 2.71 bits per heavy atom. The van der Waals surface area contributed by atoms with Crippen molar-refractivity contribution >= 4 is 23.4 Å². The fraction of sp³-hybridized carbons (Fsp3) is 0.400. The van der Waals surface area contributed by atoms with Gasteiger partial charge in [0.05, 0.1) is 0 Å². The van der Waals surface area contributed by atoms with Gasteiger partial charge in [-0.1, -0.05) is 25.4 Å². The largest absolute Gasteiger partial charge is 0.244 e. The van der Waals surface area contributed by atoms with Crippen molar-refractivity contribution in [1.82, 2.24) is 24.7 Å². The van der Waals surface area contributed by atoms with Crippen molar-refractivity contribution in [3.8, 4) is 0 Å². The first kappa shape index (κ1) is 12.3. The fourth-order valence-electron chi connectivity index (χ4n) is 1.20. The standard InChI is InChI=1S/C10H12ClN5S/c1-6(2)9-14-7(11)4-8(15-9)17-10-12-5-13-16(10)3/h4-6H,1-3H3. The molecule has 0 amide bonds. The Labute approximate surface area is 109 Å². The zero-order chi connectivity index (χ0) is 12.4. The first-order valence-electron chi connectivity index (χ1n) is 5.12. The SMILES string of the molecule is CC(C)c1nc(Cl)cc(Sc2ncnn2C)n1. The summed E-state index contributed by atoms with van der Waals surface area (Å²) in [5.74, 6) is 0.981. The van der Waals surface area contributed by atoms with E-state index in [2.05, 4.69) is 20.1 Å². The van der Waals surface area contributed by atoms with E-state index in [4.69, 9.17) is 11.6 Å². The third-order valence-corrected chi connectivity index (χ3v) is 3.23. The van der Waals surface area contributed by atoms with Gasteiger partial charge in [0.2, 0.25) is 0 Å². The second-order valence-electron chi connectivity index (χ2n) is 3.81. The van der Waals surface area contributed by atoms with E-state index in [1.165, 1.54) is 18.1 Å². The molecule has 0 saturated carbocycles. The topological polar surface area (TPSA) is 56.5 Å². The molecule has 0 aliphatic heterocycles. The molecule has 0 aromatic carbocycles. The summed E-state index contributed by atoms with van der Waals surface area (Å²) in [5.41, 5.74) is 0. The summed E-state index contributed by atoms with van der Waals surface area (Å²) in [7, 11) is 1.83. The maximum absolute atomic E-state index is 5.97. The monoisotopic (exact) mass is 269 g/mol. The Bertz CT molecular complexity index is 525. The zero-order valence-electron chi connectivity index (χ0n) is 9.75. The van der Waals surface area contributed by atoms with Crippen molar-refractivity contribution < 1.29 is 0 Å². The molecule has 0 radical (unpaired) electrons. The number of halogens is 1. The van der Waals surface area contributed by atoms with Crippen molar-refractivity contribution in [2.24, 2.45) is 7.05 Å². The van der Waals surface area contributed by atoms with Crippen LogP contribution in [0.25, 0.3) is 0 Å².